The molecule has 0 aliphatic heterocycles. The van der Waals surface area contributed by atoms with Gasteiger partial charge in [-0.05, 0) is 154 Å². The molecule has 0 spiro atoms. The van der Waals surface area contributed by atoms with Crippen LogP contribution in [0.4, 0.5) is 0 Å². The molecule has 9 nitrogen and oxygen atoms in total. The van der Waals surface area contributed by atoms with Gasteiger partial charge in [-0.1, -0.05) is 84.9 Å². The second-order valence-electron chi connectivity index (χ2n) is 18.5. The van der Waals surface area contributed by atoms with E-state index in [0.717, 1.165) is 74.5 Å². The smallest absolute Gasteiger partial charge is 0.310 e. The fourth-order valence-electron chi connectivity index (χ4n) is 12.7. The zero-order chi connectivity index (χ0) is 45.0. The minimum absolute atomic E-state index is 0.0146. The van der Waals surface area contributed by atoms with E-state index in [1.807, 2.05) is 91.0 Å². The maximum atomic E-state index is 14.4. The molecule has 10 rings (SSSR count). The summed E-state index contributed by atoms with van der Waals surface area (Å²) in [5.41, 5.74) is 7.32. The summed E-state index contributed by atoms with van der Waals surface area (Å²) in [6, 6.07) is 37.1. The number of carbonyl (C=O) groups is 2. The predicted molar refractivity (Wildman–Crippen MR) is 249 cm³/mol. The van der Waals surface area contributed by atoms with E-state index >= 15 is 0 Å². The standard InChI is InChI=1S/C56H54O9/c1-32(57)64-51-29-41(65-54(61)21-34-14-15-36-23-40(58)27-43(42(36)20-34)35-12-8-5-9-13-35)28-46-44-31-53(63-3)49(59)25-38(44)22-37-16-17-47-45-30-50(60)52(62-2)26-39(45)24-48(51)56(47,55(37)46)19-18-33-10-6-4-7-11-33/h4-15,18-20,23,25-27,30-31,37,41,46-48,51,55,58-60H,16-17,21-22,24,28-29H2,1-3H3. The first-order chi connectivity index (χ1) is 31.5. The van der Waals surface area contributed by atoms with E-state index in [9.17, 15) is 24.9 Å². The molecule has 3 N–H and O–H groups in total. The summed E-state index contributed by atoms with van der Waals surface area (Å²) < 4.78 is 24.6. The second-order valence-corrected chi connectivity index (χ2v) is 18.5. The quantitative estimate of drug-likeness (QED) is 0.122. The predicted octanol–water partition coefficient (Wildman–Crippen LogP) is 10.8. The molecule has 6 aromatic carbocycles. The first-order valence-electron chi connectivity index (χ1n) is 22.7. The molecule has 6 aromatic rings. The van der Waals surface area contributed by atoms with E-state index < -0.39 is 29.6 Å². The van der Waals surface area contributed by atoms with E-state index in [4.69, 9.17) is 18.9 Å². The second kappa shape index (κ2) is 17.0. The van der Waals surface area contributed by atoms with Gasteiger partial charge in [-0.3, -0.25) is 9.59 Å². The van der Waals surface area contributed by atoms with Crippen molar-refractivity contribution in [1.29, 1.82) is 0 Å². The van der Waals surface area contributed by atoms with Crippen molar-refractivity contribution < 1.29 is 43.9 Å². The lowest BCUT2D eigenvalue weighted by molar-refractivity contribution is -0.169. The van der Waals surface area contributed by atoms with Crippen molar-refractivity contribution in [2.75, 3.05) is 14.2 Å². The van der Waals surface area contributed by atoms with Gasteiger partial charge in [0.05, 0.1) is 20.6 Å². The Labute approximate surface area is 379 Å². The number of carbonyl (C=O) groups excluding carboxylic acids is 2. The highest BCUT2D eigenvalue weighted by Gasteiger charge is 2.63. The molecule has 0 saturated heterocycles. The Morgan fingerprint density at radius 1 is 0.738 bits per heavy atom. The van der Waals surface area contributed by atoms with Gasteiger partial charge in [0.2, 0.25) is 0 Å². The minimum atomic E-state index is -0.632. The monoisotopic (exact) mass is 870 g/mol. The Morgan fingerprint density at radius 3 is 2.22 bits per heavy atom. The summed E-state index contributed by atoms with van der Waals surface area (Å²) >= 11 is 0. The normalized spacial score (nSPS) is 25.3. The average molecular weight is 871 g/mol. The van der Waals surface area contributed by atoms with Crippen molar-refractivity contribution in [3.05, 3.63) is 155 Å². The van der Waals surface area contributed by atoms with Crippen molar-refractivity contribution >= 4 is 28.8 Å². The van der Waals surface area contributed by atoms with Crippen LogP contribution in [0.1, 0.15) is 77.8 Å². The Morgan fingerprint density at radius 2 is 1.46 bits per heavy atom. The molecule has 0 bridgehead atoms. The van der Waals surface area contributed by atoms with Crippen molar-refractivity contribution in [1.82, 2.24) is 0 Å². The number of hydrogen-bond acceptors (Lipinski definition) is 9. The Bertz CT molecular complexity index is 2820. The summed E-state index contributed by atoms with van der Waals surface area (Å²) in [6.45, 7) is 1.45. The van der Waals surface area contributed by atoms with Gasteiger partial charge in [-0.25, -0.2) is 0 Å². The van der Waals surface area contributed by atoms with Crippen molar-refractivity contribution in [2.45, 2.75) is 75.9 Å². The highest BCUT2D eigenvalue weighted by molar-refractivity contribution is 5.98. The number of allylic oxidation sites excluding steroid dienone is 1. The number of phenols is 3. The number of methoxy groups -OCH3 is 2. The summed E-state index contributed by atoms with van der Waals surface area (Å²) in [5.74, 6) is 0.0608. The Balaban J connectivity index is 1.10. The van der Waals surface area contributed by atoms with Gasteiger partial charge in [0.15, 0.2) is 23.0 Å². The van der Waals surface area contributed by atoms with Crippen LogP contribution in [0.3, 0.4) is 0 Å². The number of ether oxygens (including phenoxy) is 4. The lowest BCUT2D eigenvalue weighted by atomic mass is 9.40. The van der Waals surface area contributed by atoms with Crippen LogP contribution in [-0.4, -0.2) is 53.7 Å². The first-order valence-corrected chi connectivity index (χ1v) is 22.7. The molecule has 4 aliphatic carbocycles. The molecule has 9 heteroatoms. The largest absolute Gasteiger partial charge is 0.508 e. The molecule has 2 saturated carbocycles. The first kappa shape index (κ1) is 42.2. The maximum Gasteiger partial charge on any atom is 0.310 e. The van der Waals surface area contributed by atoms with Gasteiger partial charge in [0.25, 0.3) is 0 Å². The third-order valence-corrected chi connectivity index (χ3v) is 15.0. The van der Waals surface area contributed by atoms with Crippen molar-refractivity contribution in [3.63, 3.8) is 0 Å². The molecule has 0 radical (unpaired) electrons. The summed E-state index contributed by atoms with van der Waals surface area (Å²) in [5, 5.41) is 34.9. The highest BCUT2D eigenvalue weighted by Crippen LogP contribution is 2.69. The van der Waals surface area contributed by atoms with E-state index in [1.54, 1.807) is 26.4 Å². The Hall–Kier alpha value is -6.74. The molecule has 8 unspecified atom stereocenters. The zero-order valence-corrected chi connectivity index (χ0v) is 36.9. The molecule has 0 aromatic heterocycles. The fourth-order valence-corrected chi connectivity index (χ4v) is 12.7. The summed E-state index contributed by atoms with van der Waals surface area (Å²) in [4.78, 5) is 27.8. The SMILES string of the molecule is COc1cc2c(cc1O)C1CCC3Cc4cc(O)c(OC)cc4C4CC(OC(=O)Cc5ccc6cc(O)cc(-c7ccccc7)c6c5)CC(OC(C)=O)C(C2)C1(C=Cc1ccccc1)C34. The summed E-state index contributed by atoms with van der Waals surface area (Å²) in [6.07, 6.45) is 7.13. The lowest BCUT2D eigenvalue weighted by Crippen LogP contribution is -2.59. The van der Waals surface area contributed by atoms with Gasteiger partial charge in [-0.15, -0.1) is 0 Å². The molecule has 65 heavy (non-hydrogen) atoms. The number of rotatable bonds is 9. The van der Waals surface area contributed by atoms with Crippen LogP contribution >= 0.6 is 0 Å². The molecule has 332 valence electrons. The van der Waals surface area contributed by atoms with E-state index in [1.165, 1.54) is 6.92 Å². The van der Waals surface area contributed by atoms with Crippen molar-refractivity contribution in [3.8, 4) is 39.9 Å². The third kappa shape index (κ3) is 7.64. The van der Waals surface area contributed by atoms with Crippen molar-refractivity contribution in [2.24, 2.45) is 23.2 Å². The van der Waals surface area contributed by atoms with E-state index in [-0.39, 0.29) is 59.7 Å². The number of aromatic hydroxyl groups is 3. The lowest BCUT2D eigenvalue weighted by Gasteiger charge is -2.64. The third-order valence-electron chi connectivity index (χ3n) is 15.0. The highest BCUT2D eigenvalue weighted by atomic mass is 16.6. The number of phenolic OH excluding ortho intramolecular Hbond substituents is 3. The summed E-state index contributed by atoms with van der Waals surface area (Å²) in [7, 11) is 3.12. The Kier molecular flexibility index (Phi) is 11.0. The van der Waals surface area contributed by atoms with Crippen LogP contribution in [0, 0.1) is 23.2 Å². The molecule has 0 amide bonds. The van der Waals surface area contributed by atoms with Crippen LogP contribution in [0.25, 0.3) is 28.0 Å². The molecule has 8 atom stereocenters. The van der Waals surface area contributed by atoms with E-state index in [0.29, 0.717) is 24.3 Å². The minimum Gasteiger partial charge on any atom is -0.508 e. The zero-order valence-electron chi connectivity index (χ0n) is 36.9. The topological polar surface area (TPSA) is 132 Å². The molecular weight excluding hydrogens is 817 g/mol. The van der Waals surface area contributed by atoms with Gasteiger partial charge in [0.1, 0.15) is 18.0 Å². The number of hydrogen-bond donors (Lipinski definition) is 3. The van der Waals surface area contributed by atoms with Crippen LogP contribution in [0.5, 0.6) is 28.7 Å². The number of benzene rings is 6. The molecule has 0 heterocycles. The molecule has 4 aliphatic rings. The number of esters is 2. The van der Waals surface area contributed by atoms with Crippen LogP contribution in [0.15, 0.2) is 121 Å². The van der Waals surface area contributed by atoms with Crippen LogP contribution in [-0.2, 0) is 38.3 Å². The van der Waals surface area contributed by atoms with Gasteiger partial charge < -0.3 is 34.3 Å². The van der Waals surface area contributed by atoms with Crippen LogP contribution < -0.4 is 9.47 Å². The van der Waals surface area contributed by atoms with Crippen LogP contribution in [0.2, 0.25) is 0 Å². The van der Waals surface area contributed by atoms with Gasteiger partial charge in [0, 0.05) is 24.7 Å². The fraction of sp³-hybridized carbons (Fsp3) is 0.321. The molecular formula is C56H54O9. The van der Waals surface area contributed by atoms with Gasteiger partial charge >= 0.3 is 11.9 Å². The maximum absolute atomic E-state index is 14.4. The number of fused-ring (bicyclic) bond motifs is 5. The molecule has 2 fully saturated rings. The average Bonchev–Trinajstić information content (AvgIpc) is 3.29. The van der Waals surface area contributed by atoms with Gasteiger partial charge in [-0.2, -0.15) is 0 Å². The van der Waals surface area contributed by atoms with E-state index in [2.05, 4.69) is 24.3 Å².